The van der Waals surface area contributed by atoms with Crippen molar-refractivity contribution in [3.05, 3.63) is 23.8 Å². The van der Waals surface area contributed by atoms with E-state index in [1.54, 1.807) is 33.8 Å². The van der Waals surface area contributed by atoms with E-state index in [0.717, 1.165) is 0 Å². The molecular weight excluding hydrogens is 490 g/mol. The lowest BCUT2D eigenvalue weighted by atomic mass is 9.65. The number of imide groups is 1. The number of aromatic hydroxyl groups is 2. The molecule has 1 heterocycles. The normalized spacial score (nSPS) is 19.9. The fourth-order valence-electron chi connectivity index (χ4n) is 5.68. The molecule has 38 heavy (non-hydrogen) atoms. The number of carbonyl (C=O) groups excluding carboxylic acids is 3. The standard InChI is InChI=1S/C29H43NO8/c1-8-28(4,5)23-19(12-14-29(6,7)22(26(35)36)17(3)27(37)38-9-2)24(33)30(25(23)34)15-13-18-10-11-20(31)21(32)16-18/h10-11,16-17,19,22-23,31-32H,8-9,12-15H2,1-7H3,(H,35,36). The molecule has 0 bridgehead atoms. The van der Waals surface area contributed by atoms with E-state index >= 15 is 0 Å². The van der Waals surface area contributed by atoms with Crippen LogP contribution >= 0.6 is 0 Å². The molecule has 1 aromatic carbocycles. The van der Waals surface area contributed by atoms with Gasteiger partial charge in [0.25, 0.3) is 0 Å². The van der Waals surface area contributed by atoms with Crippen LogP contribution in [0.25, 0.3) is 0 Å². The molecule has 2 amide bonds. The van der Waals surface area contributed by atoms with Crippen molar-refractivity contribution < 1.29 is 39.2 Å². The molecule has 0 aromatic heterocycles. The summed E-state index contributed by atoms with van der Waals surface area (Å²) in [7, 11) is 0. The Bertz CT molecular complexity index is 1050. The highest BCUT2D eigenvalue weighted by molar-refractivity contribution is 6.05. The van der Waals surface area contributed by atoms with Gasteiger partial charge in [-0.25, -0.2) is 0 Å². The van der Waals surface area contributed by atoms with Gasteiger partial charge in [0.15, 0.2) is 11.5 Å². The third-order valence-corrected chi connectivity index (χ3v) is 8.30. The van der Waals surface area contributed by atoms with E-state index in [1.807, 2.05) is 20.8 Å². The van der Waals surface area contributed by atoms with Gasteiger partial charge in [-0.05, 0) is 54.7 Å². The van der Waals surface area contributed by atoms with Crippen LogP contribution in [0.4, 0.5) is 0 Å². The first kappa shape index (κ1) is 31.1. The van der Waals surface area contributed by atoms with Gasteiger partial charge >= 0.3 is 11.9 Å². The summed E-state index contributed by atoms with van der Waals surface area (Å²) in [4.78, 5) is 53.0. The molecule has 4 unspecified atom stereocenters. The Morgan fingerprint density at radius 2 is 1.68 bits per heavy atom. The van der Waals surface area contributed by atoms with Crippen LogP contribution in [0.3, 0.4) is 0 Å². The van der Waals surface area contributed by atoms with Crippen molar-refractivity contribution in [2.24, 2.45) is 34.5 Å². The summed E-state index contributed by atoms with van der Waals surface area (Å²) >= 11 is 0. The Morgan fingerprint density at radius 1 is 1.05 bits per heavy atom. The van der Waals surface area contributed by atoms with E-state index < -0.39 is 46.4 Å². The number of likely N-dealkylation sites (tertiary alicyclic amines) is 1. The molecule has 212 valence electrons. The number of ether oxygens (including phenoxy) is 1. The van der Waals surface area contributed by atoms with Crippen LogP contribution < -0.4 is 0 Å². The number of hydrogen-bond acceptors (Lipinski definition) is 7. The maximum atomic E-state index is 13.6. The van der Waals surface area contributed by atoms with Crippen LogP contribution in [-0.2, 0) is 30.3 Å². The van der Waals surface area contributed by atoms with Crippen molar-refractivity contribution in [1.82, 2.24) is 4.90 Å². The number of phenolic OH excluding ortho intramolecular Hbond substituents is 2. The Balaban J connectivity index is 2.28. The average Bonchev–Trinajstić information content (AvgIpc) is 3.07. The number of aliphatic carboxylic acids is 1. The molecule has 1 saturated heterocycles. The van der Waals surface area contributed by atoms with Crippen LogP contribution in [0.1, 0.15) is 73.3 Å². The first-order chi connectivity index (χ1) is 17.6. The molecule has 4 atom stereocenters. The molecule has 1 aliphatic rings. The fourth-order valence-corrected chi connectivity index (χ4v) is 5.68. The van der Waals surface area contributed by atoms with Crippen LogP contribution in [0.5, 0.6) is 11.5 Å². The fraction of sp³-hybridized carbons (Fsp3) is 0.655. The number of esters is 1. The van der Waals surface area contributed by atoms with Crippen LogP contribution in [0.2, 0.25) is 0 Å². The second kappa shape index (κ2) is 12.2. The number of carbonyl (C=O) groups is 4. The number of hydrogen-bond donors (Lipinski definition) is 3. The number of phenols is 2. The third kappa shape index (κ3) is 6.66. The summed E-state index contributed by atoms with van der Waals surface area (Å²) in [5.74, 6) is -5.79. The van der Waals surface area contributed by atoms with E-state index in [9.17, 15) is 34.5 Å². The molecule has 2 rings (SSSR count). The lowest BCUT2D eigenvalue weighted by Gasteiger charge is -2.37. The van der Waals surface area contributed by atoms with E-state index in [1.165, 1.54) is 17.0 Å². The summed E-state index contributed by atoms with van der Waals surface area (Å²) in [5, 5.41) is 29.3. The molecular formula is C29H43NO8. The van der Waals surface area contributed by atoms with Gasteiger partial charge in [-0.1, -0.05) is 54.0 Å². The quantitative estimate of drug-likeness (QED) is 0.193. The highest BCUT2D eigenvalue weighted by Gasteiger charge is 2.53. The van der Waals surface area contributed by atoms with Crippen molar-refractivity contribution in [1.29, 1.82) is 0 Å². The van der Waals surface area contributed by atoms with Crippen molar-refractivity contribution in [3.8, 4) is 11.5 Å². The van der Waals surface area contributed by atoms with Gasteiger partial charge in [0, 0.05) is 6.54 Å². The molecule has 1 fully saturated rings. The Kier molecular flexibility index (Phi) is 9.97. The van der Waals surface area contributed by atoms with Gasteiger partial charge in [-0.2, -0.15) is 0 Å². The largest absolute Gasteiger partial charge is 0.504 e. The molecule has 9 nitrogen and oxygen atoms in total. The van der Waals surface area contributed by atoms with Crippen LogP contribution in [0, 0.1) is 34.5 Å². The number of carboxylic acids is 1. The second-order valence-electron chi connectivity index (χ2n) is 11.7. The van der Waals surface area contributed by atoms with Gasteiger partial charge in [-0.3, -0.25) is 24.1 Å². The Hall–Kier alpha value is -3.10. The zero-order chi connectivity index (χ0) is 29.0. The molecule has 1 aliphatic heterocycles. The van der Waals surface area contributed by atoms with Crippen molar-refractivity contribution >= 4 is 23.8 Å². The van der Waals surface area contributed by atoms with Crippen molar-refractivity contribution in [3.63, 3.8) is 0 Å². The SMILES string of the molecule is CCOC(=O)C(C)C(C(=O)O)C(C)(C)CCC1C(=O)N(CCc2ccc(O)c(O)c2)C(=O)C1C(C)(C)CC. The third-order valence-electron chi connectivity index (χ3n) is 8.30. The lowest BCUT2D eigenvalue weighted by molar-refractivity contribution is -0.161. The van der Waals surface area contributed by atoms with Crippen molar-refractivity contribution in [2.45, 2.75) is 74.1 Å². The topological polar surface area (TPSA) is 141 Å². The Morgan fingerprint density at radius 3 is 2.21 bits per heavy atom. The van der Waals surface area contributed by atoms with E-state index in [2.05, 4.69) is 0 Å². The molecule has 0 spiro atoms. The van der Waals surface area contributed by atoms with Gasteiger partial charge in [0.1, 0.15) is 0 Å². The zero-order valence-electron chi connectivity index (χ0n) is 23.6. The molecule has 0 radical (unpaired) electrons. The molecule has 9 heteroatoms. The maximum absolute atomic E-state index is 13.6. The smallest absolute Gasteiger partial charge is 0.309 e. The number of rotatable bonds is 13. The first-order valence-electron chi connectivity index (χ1n) is 13.3. The van der Waals surface area contributed by atoms with E-state index in [4.69, 9.17) is 4.74 Å². The molecule has 3 N–H and O–H groups in total. The summed E-state index contributed by atoms with van der Waals surface area (Å²) < 4.78 is 5.07. The summed E-state index contributed by atoms with van der Waals surface area (Å²) in [6, 6.07) is 4.40. The van der Waals surface area contributed by atoms with Crippen LogP contribution in [-0.4, -0.2) is 57.1 Å². The Labute approximate surface area is 225 Å². The predicted octanol–water partition coefficient (Wildman–Crippen LogP) is 4.38. The minimum atomic E-state index is -1.10. The highest BCUT2D eigenvalue weighted by atomic mass is 16.5. The maximum Gasteiger partial charge on any atom is 0.309 e. The molecule has 0 saturated carbocycles. The number of nitrogens with zero attached hydrogens (tertiary/aromatic N) is 1. The minimum Gasteiger partial charge on any atom is -0.504 e. The van der Waals surface area contributed by atoms with Gasteiger partial charge < -0.3 is 20.1 Å². The number of amides is 2. The van der Waals surface area contributed by atoms with Gasteiger partial charge in [-0.15, -0.1) is 0 Å². The number of carboxylic acid groups (broad SMARTS) is 1. The summed E-state index contributed by atoms with van der Waals surface area (Å²) in [6.45, 7) is 13.0. The summed E-state index contributed by atoms with van der Waals surface area (Å²) in [5.41, 5.74) is -0.634. The minimum absolute atomic E-state index is 0.135. The summed E-state index contributed by atoms with van der Waals surface area (Å²) in [6.07, 6.45) is 1.63. The second-order valence-corrected chi connectivity index (χ2v) is 11.7. The zero-order valence-corrected chi connectivity index (χ0v) is 23.6. The lowest BCUT2D eigenvalue weighted by Crippen LogP contribution is -2.41. The van der Waals surface area contributed by atoms with Gasteiger partial charge in [0.2, 0.25) is 11.8 Å². The molecule has 0 aliphatic carbocycles. The van der Waals surface area contributed by atoms with Crippen molar-refractivity contribution in [2.75, 3.05) is 13.2 Å². The average molecular weight is 534 g/mol. The highest BCUT2D eigenvalue weighted by Crippen LogP contribution is 2.47. The monoisotopic (exact) mass is 533 g/mol. The van der Waals surface area contributed by atoms with Gasteiger partial charge in [0.05, 0.1) is 30.3 Å². The number of benzene rings is 1. The van der Waals surface area contributed by atoms with E-state index in [-0.39, 0.29) is 36.5 Å². The molecule has 1 aromatic rings. The van der Waals surface area contributed by atoms with E-state index in [0.29, 0.717) is 31.2 Å². The predicted molar refractivity (Wildman–Crippen MR) is 141 cm³/mol. The first-order valence-corrected chi connectivity index (χ1v) is 13.3. The van der Waals surface area contributed by atoms with Crippen LogP contribution in [0.15, 0.2) is 18.2 Å².